The van der Waals surface area contributed by atoms with Crippen LogP contribution in [-0.4, -0.2) is 58.2 Å². The summed E-state index contributed by atoms with van der Waals surface area (Å²) in [7, 11) is 3.81. The molecule has 1 aliphatic heterocycles. The molecule has 1 aromatic carbocycles. The minimum absolute atomic E-state index is 0.0220. The Morgan fingerprint density at radius 2 is 1.86 bits per heavy atom. The first-order valence-corrected chi connectivity index (χ1v) is 11.0. The van der Waals surface area contributed by atoms with Gasteiger partial charge in [0.15, 0.2) is 0 Å². The van der Waals surface area contributed by atoms with Crippen LogP contribution in [0.3, 0.4) is 0 Å². The van der Waals surface area contributed by atoms with Crippen molar-refractivity contribution >= 4 is 5.91 Å². The number of likely N-dealkylation sites (N-methyl/N-ethyl adjacent to an activating group) is 1. The molecule has 158 valence electrons. The molecule has 0 aliphatic carbocycles. The number of benzene rings is 1. The maximum atomic E-state index is 13.1. The number of aromatic nitrogens is 2. The van der Waals surface area contributed by atoms with E-state index < -0.39 is 0 Å². The van der Waals surface area contributed by atoms with E-state index in [4.69, 9.17) is 0 Å². The number of rotatable bonds is 8. The molecular weight excluding hydrogens is 360 g/mol. The molecule has 2 heterocycles. The molecule has 5 heteroatoms. The summed E-state index contributed by atoms with van der Waals surface area (Å²) in [6.07, 6.45) is 6.29. The number of hydrogen-bond donors (Lipinski definition) is 0. The lowest BCUT2D eigenvalue weighted by Crippen LogP contribution is -2.47. The average molecular weight is 397 g/mol. The molecule has 0 spiro atoms. The molecule has 3 rings (SSSR count). The van der Waals surface area contributed by atoms with Crippen LogP contribution in [0.25, 0.3) is 0 Å². The second kappa shape index (κ2) is 10.1. The van der Waals surface area contributed by atoms with Crippen LogP contribution in [0.1, 0.15) is 49.2 Å². The minimum atomic E-state index is 0.0220. The standard InChI is InChI=1S/C24H36N4O/c1-19(2)10-15-28-16-11-21(12-17-28)23(18-20-8-6-5-7-9-20)27(4)24(29)22-13-14-26(3)25-22/h5-9,13-14,19,21,23H,10-12,15-18H2,1-4H3/t23-/m1/s1. The van der Waals surface area contributed by atoms with Crippen LogP contribution in [0, 0.1) is 11.8 Å². The predicted molar refractivity (Wildman–Crippen MR) is 118 cm³/mol. The molecule has 1 atom stereocenters. The third kappa shape index (κ3) is 5.92. The van der Waals surface area contributed by atoms with Crippen molar-refractivity contribution in [1.29, 1.82) is 0 Å². The van der Waals surface area contributed by atoms with E-state index in [0.29, 0.717) is 11.6 Å². The summed E-state index contributed by atoms with van der Waals surface area (Å²) >= 11 is 0. The van der Waals surface area contributed by atoms with Crippen LogP contribution < -0.4 is 0 Å². The summed E-state index contributed by atoms with van der Waals surface area (Å²) in [6, 6.07) is 12.6. The maximum Gasteiger partial charge on any atom is 0.274 e. The van der Waals surface area contributed by atoms with E-state index in [1.54, 1.807) is 4.68 Å². The third-order valence-electron chi connectivity index (χ3n) is 6.24. The van der Waals surface area contributed by atoms with Gasteiger partial charge < -0.3 is 9.80 Å². The van der Waals surface area contributed by atoms with Crippen LogP contribution in [0.2, 0.25) is 0 Å². The topological polar surface area (TPSA) is 41.4 Å². The first-order chi connectivity index (χ1) is 13.9. The number of aryl methyl sites for hydroxylation is 1. The van der Waals surface area contributed by atoms with E-state index in [-0.39, 0.29) is 11.9 Å². The van der Waals surface area contributed by atoms with Gasteiger partial charge in [-0.1, -0.05) is 44.2 Å². The van der Waals surface area contributed by atoms with Crippen molar-refractivity contribution in [1.82, 2.24) is 19.6 Å². The van der Waals surface area contributed by atoms with Gasteiger partial charge in [-0.15, -0.1) is 0 Å². The van der Waals surface area contributed by atoms with Gasteiger partial charge >= 0.3 is 0 Å². The van der Waals surface area contributed by atoms with E-state index in [9.17, 15) is 4.79 Å². The molecule has 0 unspecified atom stereocenters. The van der Waals surface area contributed by atoms with Crippen molar-refractivity contribution in [3.8, 4) is 0 Å². The molecule has 1 aliphatic rings. The van der Waals surface area contributed by atoms with E-state index in [1.807, 2.05) is 31.3 Å². The van der Waals surface area contributed by atoms with E-state index in [0.717, 1.165) is 38.3 Å². The smallest absolute Gasteiger partial charge is 0.274 e. The molecule has 0 N–H and O–H groups in total. The third-order valence-corrected chi connectivity index (χ3v) is 6.24. The predicted octanol–water partition coefficient (Wildman–Crippen LogP) is 3.86. The van der Waals surface area contributed by atoms with Crippen LogP contribution in [0.15, 0.2) is 42.6 Å². The summed E-state index contributed by atoms with van der Waals surface area (Å²) in [6.45, 7) is 8.04. The zero-order valence-corrected chi connectivity index (χ0v) is 18.4. The second-order valence-electron chi connectivity index (χ2n) is 8.91. The fraction of sp³-hybridized carbons (Fsp3) is 0.583. The maximum absolute atomic E-state index is 13.1. The minimum Gasteiger partial charge on any atom is -0.337 e. The number of carbonyl (C=O) groups excluding carboxylic acids is 1. The zero-order chi connectivity index (χ0) is 20.8. The highest BCUT2D eigenvalue weighted by Gasteiger charge is 2.32. The summed E-state index contributed by atoms with van der Waals surface area (Å²) in [5.41, 5.74) is 1.82. The summed E-state index contributed by atoms with van der Waals surface area (Å²) in [4.78, 5) is 17.7. The number of hydrogen-bond acceptors (Lipinski definition) is 3. The molecule has 29 heavy (non-hydrogen) atoms. The number of piperidine rings is 1. The van der Waals surface area contributed by atoms with Gasteiger partial charge in [0, 0.05) is 26.3 Å². The number of likely N-dealkylation sites (tertiary alicyclic amines) is 1. The highest BCUT2D eigenvalue weighted by Crippen LogP contribution is 2.27. The van der Waals surface area contributed by atoms with Gasteiger partial charge in [-0.05, 0) is 68.8 Å². The first-order valence-electron chi connectivity index (χ1n) is 11.0. The van der Waals surface area contributed by atoms with Crippen molar-refractivity contribution in [2.24, 2.45) is 18.9 Å². The van der Waals surface area contributed by atoms with Crippen molar-refractivity contribution in [3.63, 3.8) is 0 Å². The lowest BCUT2D eigenvalue weighted by molar-refractivity contribution is 0.0581. The van der Waals surface area contributed by atoms with Gasteiger partial charge in [0.05, 0.1) is 0 Å². The normalized spacial score (nSPS) is 16.9. The van der Waals surface area contributed by atoms with E-state index in [2.05, 4.69) is 54.2 Å². The van der Waals surface area contributed by atoms with Gasteiger partial charge in [-0.2, -0.15) is 5.10 Å². The highest BCUT2D eigenvalue weighted by molar-refractivity contribution is 5.92. The Balaban J connectivity index is 1.70. The Kier molecular flexibility index (Phi) is 7.48. The van der Waals surface area contributed by atoms with Gasteiger partial charge in [-0.25, -0.2) is 0 Å². The van der Waals surface area contributed by atoms with Crippen molar-refractivity contribution < 1.29 is 4.79 Å². The molecular formula is C24H36N4O. The fourth-order valence-corrected chi connectivity index (χ4v) is 4.34. The second-order valence-corrected chi connectivity index (χ2v) is 8.91. The molecule has 0 radical (unpaired) electrons. The van der Waals surface area contributed by atoms with Crippen LogP contribution in [0.5, 0.6) is 0 Å². The largest absolute Gasteiger partial charge is 0.337 e. The molecule has 0 bridgehead atoms. The summed E-state index contributed by atoms with van der Waals surface area (Å²) < 4.78 is 1.69. The summed E-state index contributed by atoms with van der Waals surface area (Å²) in [5.74, 6) is 1.29. The van der Waals surface area contributed by atoms with Crippen LogP contribution in [0.4, 0.5) is 0 Å². The van der Waals surface area contributed by atoms with Crippen molar-refractivity contribution in [2.75, 3.05) is 26.7 Å². The molecule has 5 nitrogen and oxygen atoms in total. The molecule has 0 saturated carbocycles. The first kappa shape index (κ1) is 21.6. The van der Waals surface area contributed by atoms with E-state index in [1.165, 1.54) is 18.5 Å². The molecule has 1 aromatic heterocycles. The number of nitrogens with zero attached hydrogens (tertiary/aromatic N) is 4. The van der Waals surface area contributed by atoms with Gasteiger partial charge in [0.1, 0.15) is 5.69 Å². The monoisotopic (exact) mass is 396 g/mol. The van der Waals surface area contributed by atoms with Crippen molar-refractivity contribution in [2.45, 2.75) is 45.6 Å². The summed E-state index contributed by atoms with van der Waals surface area (Å²) in [5, 5.41) is 4.34. The molecule has 1 fully saturated rings. The van der Waals surface area contributed by atoms with Gasteiger partial charge in [0.25, 0.3) is 5.91 Å². The Labute approximate surface area is 175 Å². The van der Waals surface area contributed by atoms with Gasteiger partial charge in [-0.3, -0.25) is 9.48 Å². The Bertz CT molecular complexity index is 762. The van der Waals surface area contributed by atoms with Gasteiger partial charge in [0.2, 0.25) is 0 Å². The molecule has 1 amide bonds. The molecule has 1 saturated heterocycles. The lowest BCUT2D eigenvalue weighted by atomic mass is 9.84. The van der Waals surface area contributed by atoms with Crippen LogP contribution in [-0.2, 0) is 13.5 Å². The van der Waals surface area contributed by atoms with Crippen molar-refractivity contribution in [3.05, 3.63) is 53.9 Å². The molecule has 2 aromatic rings. The number of amides is 1. The zero-order valence-electron chi connectivity index (χ0n) is 18.4. The Hall–Kier alpha value is -2.14. The lowest BCUT2D eigenvalue weighted by Gasteiger charge is -2.40. The number of carbonyl (C=O) groups is 1. The Morgan fingerprint density at radius 3 is 2.45 bits per heavy atom. The highest BCUT2D eigenvalue weighted by atomic mass is 16.2. The fourth-order valence-electron chi connectivity index (χ4n) is 4.34. The van der Waals surface area contributed by atoms with E-state index >= 15 is 0 Å². The SMILES string of the molecule is CC(C)CCN1CCC([C@@H](Cc2ccccc2)N(C)C(=O)c2ccn(C)n2)CC1. The van der Waals surface area contributed by atoms with Crippen LogP contribution >= 0.6 is 0 Å². The quantitative estimate of drug-likeness (QED) is 0.680. The Morgan fingerprint density at radius 1 is 1.17 bits per heavy atom. The average Bonchev–Trinajstić information content (AvgIpc) is 3.17.